The summed E-state index contributed by atoms with van der Waals surface area (Å²) in [5, 5.41) is 21.4. The fourth-order valence-electron chi connectivity index (χ4n) is 4.62. The first kappa shape index (κ1) is 11.0. The van der Waals surface area contributed by atoms with Gasteiger partial charge >= 0.3 is 0 Å². The van der Waals surface area contributed by atoms with Crippen LogP contribution in [0.15, 0.2) is 0 Å². The highest BCUT2D eigenvalue weighted by molar-refractivity contribution is 5.19. The predicted octanol–water partition coefficient (Wildman–Crippen LogP) is 1.61. The maximum Gasteiger partial charge on any atom is 0.124 e. The van der Waals surface area contributed by atoms with Crippen LogP contribution in [-0.2, 0) is 4.74 Å². The average Bonchev–Trinajstić information content (AvgIpc) is 2.33. The zero-order valence-corrected chi connectivity index (χ0v) is 10.2. The fraction of sp³-hybridized carbons (Fsp3) is 1.00. The van der Waals surface area contributed by atoms with Gasteiger partial charge in [0.2, 0.25) is 0 Å². The van der Waals surface area contributed by atoms with Crippen molar-refractivity contribution in [2.24, 2.45) is 5.41 Å². The summed E-state index contributed by atoms with van der Waals surface area (Å²) in [5.74, 6) is 0. The van der Waals surface area contributed by atoms with Crippen molar-refractivity contribution in [1.29, 1.82) is 0 Å². The first-order valence-corrected chi connectivity index (χ1v) is 6.50. The second-order valence-corrected chi connectivity index (χ2v) is 6.45. The number of ether oxygens (including phenoxy) is 1. The Kier molecular flexibility index (Phi) is 2.07. The van der Waals surface area contributed by atoms with Crippen molar-refractivity contribution in [2.45, 2.75) is 75.8 Å². The molecule has 4 aliphatic rings. The minimum Gasteiger partial charge on any atom is -0.390 e. The molecule has 16 heavy (non-hydrogen) atoms. The third-order valence-electron chi connectivity index (χ3n) is 5.46. The van der Waals surface area contributed by atoms with E-state index in [0.717, 1.165) is 32.1 Å². The molecule has 2 aliphatic heterocycles. The second-order valence-electron chi connectivity index (χ2n) is 6.45. The molecule has 4 rings (SSSR count). The van der Waals surface area contributed by atoms with Gasteiger partial charge in [-0.25, -0.2) is 0 Å². The van der Waals surface area contributed by atoms with Gasteiger partial charge in [-0.3, -0.25) is 0 Å². The maximum absolute atomic E-state index is 11.1. The van der Waals surface area contributed by atoms with E-state index >= 15 is 0 Å². The molecule has 0 aromatic heterocycles. The molecule has 2 aliphatic carbocycles. The molecule has 0 aromatic carbocycles. The average molecular weight is 226 g/mol. The zero-order chi connectivity index (χ0) is 11.6. The van der Waals surface area contributed by atoms with Crippen LogP contribution in [0.25, 0.3) is 0 Å². The van der Waals surface area contributed by atoms with Gasteiger partial charge in [-0.1, -0.05) is 6.92 Å². The molecule has 0 radical (unpaired) electrons. The molecule has 4 fully saturated rings. The van der Waals surface area contributed by atoms with Gasteiger partial charge in [0.05, 0.1) is 17.8 Å². The highest BCUT2D eigenvalue weighted by Gasteiger charge is 2.69. The molecule has 3 heteroatoms. The lowest BCUT2D eigenvalue weighted by Crippen LogP contribution is -2.73. The number of hydrogen-bond acceptors (Lipinski definition) is 3. The third kappa shape index (κ3) is 1.05. The minimum absolute atomic E-state index is 0.168. The standard InChI is InChI=1S/C13H22O3/c1-11-6-3-7-12(2)13(11,15)10(14)5-4-9(8-11)16-12/h9-10,14-15H,3-8H2,1-2H3/t9-,10-,11?,12-,13-/m0/s1. The lowest BCUT2D eigenvalue weighted by molar-refractivity contribution is -0.321. The van der Waals surface area contributed by atoms with E-state index in [1.54, 1.807) is 0 Å². The summed E-state index contributed by atoms with van der Waals surface area (Å²) in [6, 6.07) is 0. The third-order valence-corrected chi connectivity index (χ3v) is 5.46. The van der Waals surface area contributed by atoms with Crippen LogP contribution in [0.1, 0.15) is 52.4 Å². The number of aliphatic hydroxyl groups excluding tert-OH is 1. The van der Waals surface area contributed by atoms with E-state index < -0.39 is 17.3 Å². The number of fused-ring (bicyclic) bond motifs is 2. The lowest BCUT2D eigenvalue weighted by Gasteiger charge is -2.62. The van der Waals surface area contributed by atoms with Crippen LogP contribution in [-0.4, -0.2) is 33.6 Å². The van der Waals surface area contributed by atoms with Crippen molar-refractivity contribution in [1.82, 2.24) is 0 Å². The second kappa shape index (κ2) is 3.01. The first-order chi connectivity index (χ1) is 7.41. The van der Waals surface area contributed by atoms with Crippen LogP contribution < -0.4 is 0 Å². The highest BCUT2D eigenvalue weighted by Crippen LogP contribution is 2.61. The van der Waals surface area contributed by atoms with Crippen molar-refractivity contribution in [3.05, 3.63) is 0 Å². The Morgan fingerprint density at radius 1 is 1.19 bits per heavy atom. The van der Waals surface area contributed by atoms with Gasteiger partial charge < -0.3 is 14.9 Å². The summed E-state index contributed by atoms with van der Waals surface area (Å²) in [6.45, 7) is 4.12. The zero-order valence-electron chi connectivity index (χ0n) is 10.2. The van der Waals surface area contributed by atoms with Crippen molar-refractivity contribution >= 4 is 0 Å². The SMILES string of the molecule is CC12CCC[C@]3(C)O[C@@H](CC[C@H](O)[C@]13O)C2. The number of rotatable bonds is 0. The summed E-state index contributed by atoms with van der Waals surface area (Å²) >= 11 is 0. The highest BCUT2D eigenvalue weighted by atomic mass is 16.5. The Hall–Kier alpha value is -0.120. The van der Waals surface area contributed by atoms with Gasteiger partial charge in [-0.2, -0.15) is 0 Å². The largest absolute Gasteiger partial charge is 0.390 e. The van der Waals surface area contributed by atoms with Crippen LogP contribution in [0.4, 0.5) is 0 Å². The normalized spacial score (nSPS) is 60.8. The molecule has 3 nitrogen and oxygen atoms in total. The van der Waals surface area contributed by atoms with E-state index in [1.807, 2.05) is 6.92 Å². The Balaban J connectivity index is 2.16. The van der Waals surface area contributed by atoms with E-state index in [-0.39, 0.29) is 11.5 Å². The molecule has 2 N–H and O–H groups in total. The van der Waals surface area contributed by atoms with Crippen LogP contribution >= 0.6 is 0 Å². The quantitative estimate of drug-likeness (QED) is 0.660. The van der Waals surface area contributed by atoms with Crippen LogP contribution in [0.3, 0.4) is 0 Å². The van der Waals surface area contributed by atoms with Gasteiger partial charge in [0.1, 0.15) is 5.60 Å². The molecule has 0 amide bonds. The van der Waals surface area contributed by atoms with E-state index in [2.05, 4.69) is 6.92 Å². The molecule has 1 unspecified atom stereocenters. The Labute approximate surface area is 96.8 Å². The molecule has 0 spiro atoms. The smallest absolute Gasteiger partial charge is 0.124 e. The minimum atomic E-state index is -1.05. The van der Waals surface area contributed by atoms with Crippen LogP contribution in [0.5, 0.6) is 0 Å². The fourth-order valence-corrected chi connectivity index (χ4v) is 4.62. The molecule has 0 aromatic rings. The summed E-state index contributed by atoms with van der Waals surface area (Å²) in [7, 11) is 0. The Morgan fingerprint density at radius 3 is 2.62 bits per heavy atom. The summed E-state index contributed by atoms with van der Waals surface area (Å²) < 4.78 is 6.10. The molecular weight excluding hydrogens is 204 g/mol. The number of hydrogen-bond donors (Lipinski definition) is 2. The van der Waals surface area contributed by atoms with Crippen molar-refractivity contribution in [2.75, 3.05) is 0 Å². The van der Waals surface area contributed by atoms with Gasteiger partial charge in [-0.15, -0.1) is 0 Å². The monoisotopic (exact) mass is 226 g/mol. The summed E-state index contributed by atoms with van der Waals surface area (Å²) in [5.41, 5.74) is -1.76. The van der Waals surface area contributed by atoms with E-state index in [9.17, 15) is 10.2 Å². The molecule has 4 bridgehead atoms. The predicted molar refractivity (Wildman–Crippen MR) is 60.0 cm³/mol. The Morgan fingerprint density at radius 2 is 1.94 bits per heavy atom. The van der Waals surface area contributed by atoms with Gasteiger partial charge in [0.15, 0.2) is 0 Å². The molecule has 5 atom stereocenters. The molecule has 92 valence electrons. The van der Waals surface area contributed by atoms with Crippen LogP contribution in [0.2, 0.25) is 0 Å². The van der Waals surface area contributed by atoms with Gasteiger partial charge in [0.25, 0.3) is 0 Å². The van der Waals surface area contributed by atoms with E-state index in [4.69, 9.17) is 4.74 Å². The van der Waals surface area contributed by atoms with E-state index in [0.29, 0.717) is 6.42 Å². The molecule has 2 saturated carbocycles. The lowest BCUT2D eigenvalue weighted by atomic mass is 9.53. The van der Waals surface area contributed by atoms with Crippen molar-refractivity contribution in [3.8, 4) is 0 Å². The summed E-state index contributed by atoms with van der Waals surface area (Å²) in [4.78, 5) is 0. The van der Waals surface area contributed by atoms with Gasteiger partial charge in [0, 0.05) is 5.41 Å². The number of aliphatic hydroxyl groups is 2. The van der Waals surface area contributed by atoms with Crippen LogP contribution in [0, 0.1) is 5.41 Å². The van der Waals surface area contributed by atoms with Gasteiger partial charge in [-0.05, 0) is 45.4 Å². The topological polar surface area (TPSA) is 49.7 Å². The van der Waals surface area contributed by atoms with E-state index in [1.165, 1.54) is 0 Å². The van der Waals surface area contributed by atoms with Crippen molar-refractivity contribution < 1.29 is 14.9 Å². The first-order valence-electron chi connectivity index (χ1n) is 6.50. The van der Waals surface area contributed by atoms with Crippen molar-refractivity contribution in [3.63, 3.8) is 0 Å². The summed E-state index contributed by atoms with van der Waals surface area (Å²) in [6.07, 6.45) is 5.03. The maximum atomic E-state index is 11.1. The molecular formula is C13H22O3. The molecule has 2 saturated heterocycles. The Bertz CT molecular complexity index is 296. The molecule has 2 heterocycles.